The first-order valence-corrected chi connectivity index (χ1v) is 9.41. The van der Waals surface area contributed by atoms with E-state index in [1.54, 1.807) is 14.0 Å². The van der Waals surface area contributed by atoms with Gasteiger partial charge in [-0.1, -0.05) is 35.5 Å². The molecule has 9 nitrogen and oxygen atoms in total. The molecule has 1 N–H and O–H groups in total. The molecule has 0 aliphatic carbocycles. The lowest BCUT2D eigenvalue weighted by atomic mass is 10.2. The van der Waals surface area contributed by atoms with Crippen molar-refractivity contribution in [3.05, 3.63) is 52.3 Å². The number of aryl methyl sites for hydroxylation is 2. The second-order valence-corrected chi connectivity index (χ2v) is 7.51. The molecule has 0 saturated carbocycles. The van der Waals surface area contributed by atoms with Crippen molar-refractivity contribution in [2.45, 2.75) is 25.3 Å². The summed E-state index contributed by atoms with van der Waals surface area (Å²) in [7, 11) is -2.15. The van der Waals surface area contributed by atoms with Crippen LogP contribution in [0, 0.1) is 13.8 Å². The van der Waals surface area contributed by atoms with E-state index in [0.29, 0.717) is 5.82 Å². The van der Waals surface area contributed by atoms with Gasteiger partial charge in [-0.05, 0) is 13.8 Å². The van der Waals surface area contributed by atoms with Crippen LogP contribution in [0.25, 0.3) is 11.4 Å². The average Bonchev–Trinajstić information content (AvgIpc) is 3.09. The third kappa shape index (κ3) is 3.33. The fourth-order valence-corrected chi connectivity index (χ4v) is 4.03. The Morgan fingerprint density at radius 3 is 2.50 bits per heavy atom. The van der Waals surface area contributed by atoms with Gasteiger partial charge in [-0.25, -0.2) is 22.6 Å². The zero-order valence-electron chi connectivity index (χ0n) is 14.6. The lowest BCUT2D eigenvalue weighted by Gasteiger charge is -2.05. The van der Waals surface area contributed by atoms with Gasteiger partial charge in [0.1, 0.15) is 10.6 Å². The number of hydrogen-bond acceptors (Lipinski definition) is 6. The van der Waals surface area contributed by atoms with Crippen molar-refractivity contribution in [1.82, 2.24) is 24.2 Å². The zero-order valence-corrected chi connectivity index (χ0v) is 15.4. The van der Waals surface area contributed by atoms with Gasteiger partial charge in [0.15, 0.2) is 11.6 Å². The largest absolute Gasteiger partial charge is 0.360 e. The second-order valence-electron chi connectivity index (χ2n) is 5.81. The lowest BCUT2D eigenvalue weighted by molar-refractivity contribution is 0.390. The van der Waals surface area contributed by atoms with E-state index in [0.717, 1.165) is 5.56 Å². The maximum absolute atomic E-state index is 12.4. The maximum atomic E-state index is 12.4. The van der Waals surface area contributed by atoms with E-state index < -0.39 is 10.0 Å². The molecular weight excluding hydrogens is 358 g/mol. The van der Waals surface area contributed by atoms with E-state index in [1.165, 1.54) is 16.2 Å². The molecule has 0 spiro atoms. The van der Waals surface area contributed by atoms with Crippen molar-refractivity contribution >= 4 is 10.0 Å². The van der Waals surface area contributed by atoms with Gasteiger partial charge in [-0.15, -0.1) is 5.10 Å². The predicted octanol–water partition coefficient (Wildman–Crippen LogP) is 0.832. The highest BCUT2D eigenvalue weighted by Gasteiger charge is 2.23. The SMILES string of the molecule is Cc1noc(C)c1S(=O)(=O)NCCn1nc(-c2ccccc2)n(C)c1=O. The van der Waals surface area contributed by atoms with Crippen LogP contribution in [0.3, 0.4) is 0 Å². The molecule has 3 rings (SSSR count). The summed E-state index contributed by atoms with van der Waals surface area (Å²) in [6, 6.07) is 9.30. The van der Waals surface area contributed by atoms with Gasteiger partial charge in [0.05, 0.1) is 6.54 Å². The third-order valence-electron chi connectivity index (χ3n) is 3.93. The quantitative estimate of drug-likeness (QED) is 0.681. The van der Waals surface area contributed by atoms with Gasteiger partial charge < -0.3 is 4.52 Å². The number of rotatable bonds is 6. The molecule has 1 aromatic carbocycles. The van der Waals surface area contributed by atoms with Crippen molar-refractivity contribution in [2.24, 2.45) is 7.05 Å². The molecule has 0 aliphatic rings. The van der Waals surface area contributed by atoms with Crippen molar-refractivity contribution in [3.8, 4) is 11.4 Å². The minimum Gasteiger partial charge on any atom is -0.360 e. The highest BCUT2D eigenvalue weighted by molar-refractivity contribution is 7.89. The summed E-state index contributed by atoms with van der Waals surface area (Å²) < 4.78 is 34.8. The van der Waals surface area contributed by atoms with Gasteiger partial charge in [0, 0.05) is 19.2 Å². The Bertz CT molecular complexity index is 1060. The number of nitrogens with zero attached hydrogens (tertiary/aromatic N) is 4. The van der Waals surface area contributed by atoms with Gasteiger partial charge in [-0.3, -0.25) is 4.57 Å². The van der Waals surface area contributed by atoms with E-state index in [-0.39, 0.29) is 35.1 Å². The minimum atomic E-state index is -3.77. The molecule has 0 saturated heterocycles. The van der Waals surface area contributed by atoms with Crippen LogP contribution in [0.5, 0.6) is 0 Å². The molecule has 0 aliphatic heterocycles. The molecule has 3 aromatic rings. The van der Waals surface area contributed by atoms with Gasteiger partial charge >= 0.3 is 5.69 Å². The van der Waals surface area contributed by atoms with Crippen LogP contribution >= 0.6 is 0 Å². The summed E-state index contributed by atoms with van der Waals surface area (Å²) >= 11 is 0. The summed E-state index contributed by atoms with van der Waals surface area (Å²) in [5.74, 6) is 0.737. The van der Waals surface area contributed by atoms with Crippen LogP contribution < -0.4 is 10.4 Å². The molecule has 0 amide bonds. The standard InChI is InChI=1S/C16H19N5O4S/c1-11-14(12(2)25-19-11)26(23,24)17-9-10-21-16(22)20(3)15(18-21)13-7-5-4-6-8-13/h4-8,17H,9-10H2,1-3H3. The summed E-state index contributed by atoms with van der Waals surface area (Å²) in [5.41, 5.74) is 0.777. The Morgan fingerprint density at radius 2 is 1.88 bits per heavy atom. The van der Waals surface area contributed by atoms with Crippen LogP contribution in [0.1, 0.15) is 11.5 Å². The van der Waals surface area contributed by atoms with Crippen molar-refractivity contribution in [1.29, 1.82) is 0 Å². The first-order valence-electron chi connectivity index (χ1n) is 7.93. The third-order valence-corrected chi connectivity index (χ3v) is 5.63. The van der Waals surface area contributed by atoms with Crippen molar-refractivity contribution in [2.75, 3.05) is 6.54 Å². The molecule has 0 atom stereocenters. The molecule has 0 radical (unpaired) electrons. The normalized spacial score (nSPS) is 11.8. The van der Waals surface area contributed by atoms with Gasteiger partial charge in [0.25, 0.3) is 0 Å². The van der Waals surface area contributed by atoms with Crippen LogP contribution in [0.2, 0.25) is 0 Å². The topological polar surface area (TPSA) is 112 Å². The Balaban J connectivity index is 1.76. The van der Waals surface area contributed by atoms with Gasteiger partial charge in [-0.2, -0.15) is 0 Å². The molecule has 138 valence electrons. The summed E-state index contributed by atoms with van der Waals surface area (Å²) in [5, 5.41) is 7.94. The Morgan fingerprint density at radius 1 is 1.19 bits per heavy atom. The molecule has 26 heavy (non-hydrogen) atoms. The van der Waals surface area contributed by atoms with Crippen molar-refractivity contribution in [3.63, 3.8) is 0 Å². The van der Waals surface area contributed by atoms with E-state index in [4.69, 9.17) is 4.52 Å². The van der Waals surface area contributed by atoms with Crippen LogP contribution in [0.15, 0.2) is 44.5 Å². The molecular formula is C16H19N5O4S. The monoisotopic (exact) mass is 377 g/mol. The van der Waals surface area contributed by atoms with E-state index in [9.17, 15) is 13.2 Å². The minimum absolute atomic E-state index is 0.0115. The molecule has 10 heteroatoms. The van der Waals surface area contributed by atoms with E-state index in [1.807, 2.05) is 30.3 Å². The second kappa shape index (κ2) is 6.89. The summed E-state index contributed by atoms with van der Waals surface area (Å²) in [6.45, 7) is 3.20. The Hall–Kier alpha value is -2.72. The number of nitrogens with one attached hydrogen (secondary N) is 1. The zero-order chi connectivity index (χ0) is 18.9. The smallest absolute Gasteiger partial charge is 0.345 e. The average molecular weight is 377 g/mol. The predicted molar refractivity (Wildman–Crippen MR) is 94.1 cm³/mol. The lowest BCUT2D eigenvalue weighted by Crippen LogP contribution is -2.32. The number of aromatic nitrogens is 4. The Kier molecular flexibility index (Phi) is 4.79. The summed E-state index contributed by atoms with van der Waals surface area (Å²) in [6.07, 6.45) is 0. The first kappa shape index (κ1) is 18.1. The number of sulfonamides is 1. The maximum Gasteiger partial charge on any atom is 0.345 e. The van der Waals surface area contributed by atoms with Crippen molar-refractivity contribution < 1.29 is 12.9 Å². The van der Waals surface area contributed by atoms with E-state index >= 15 is 0 Å². The van der Waals surface area contributed by atoms with Crippen LogP contribution in [0.4, 0.5) is 0 Å². The number of benzene rings is 1. The van der Waals surface area contributed by atoms with Gasteiger partial charge in [0.2, 0.25) is 10.0 Å². The van der Waals surface area contributed by atoms with E-state index in [2.05, 4.69) is 15.0 Å². The Labute approximate surface area is 150 Å². The molecule has 2 heterocycles. The molecule has 2 aromatic heterocycles. The number of hydrogen-bond donors (Lipinski definition) is 1. The first-order chi connectivity index (χ1) is 12.3. The highest BCUT2D eigenvalue weighted by atomic mass is 32.2. The molecule has 0 fully saturated rings. The van der Waals surface area contributed by atoms with Crippen LogP contribution in [-0.2, 0) is 23.6 Å². The fourth-order valence-electron chi connectivity index (χ4n) is 2.69. The summed E-state index contributed by atoms with van der Waals surface area (Å²) in [4.78, 5) is 12.3. The highest BCUT2D eigenvalue weighted by Crippen LogP contribution is 2.18. The molecule has 0 unspecified atom stereocenters. The fraction of sp³-hybridized carbons (Fsp3) is 0.312. The van der Waals surface area contributed by atoms with Crippen LogP contribution in [-0.4, -0.2) is 34.5 Å². The molecule has 0 bridgehead atoms.